The largest absolute Gasteiger partial charge is 0.496 e. The van der Waals surface area contributed by atoms with Crippen LogP contribution in [0.3, 0.4) is 0 Å². The third-order valence-electron chi connectivity index (χ3n) is 5.00. The van der Waals surface area contributed by atoms with Gasteiger partial charge in [-0.2, -0.15) is 0 Å². The Labute approximate surface area is 180 Å². The lowest BCUT2D eigenvalue weighted by atomic mass is 9.97. The van der Waals surface area contributed by atoms with E-state index in [1.807, 2.05) is 30.3 Å². The number of urea groups is 1. The van der Waals surface area contributed by atoms with Gasteiger partial charge in [-0.05, 0) is 42.2 Å². The number of imide groups is 1. The summed E-state index contributed by atoms with van der Waals surface area (Å²) < 4.78 is 5.35. The molecule has 0 spiro atoms. The first-order chi connectivity index (χ1) is 14.5. The van der Waals surface area contributed by atoms with Gasteiger partial charge in [0.2, 0.25) is 11.8 Å². The summed E-state index contributed by atoms with van der Waals surface area (Å²) in [4.78, 5) is 38.7. The van der Waals surface area contributed by atoms with E-state index in [1.54, 1.807) is 25.3 Å². The van der Waals surface area contributed by atoms with Gasteiger partial charge in [-0.15, -0.1) is 0 Å². The van der Waals surface area contributed by atoms with Crippen LogP contribution in [0.15, 0.2) is 48.5 Å². The van der Waals surface area contributed by atoms with Crippen molar-refractivity contribution in [2.24, 2.45) is 5.92 Å². The molecule has 0 saturated carbocycles. The number of hydrogen-bond acceptors (Lipinski definition) is 4. The van der Waals surface area contributed by atoms with Gasteiger partial charge in [-0.1, -0.05) is 41.9 Å². The summed E-state index contributed by atoms with van der Waals surface area (Å²) >= 11 is 6.08. The summed E-state index contributed by atoms with van der Waals surface area (Å²) in [5.74, 6) is -0.578. The van der Waals surface area contributed by atoms with Crippen LogP contribution < -0.4 is 15.4 Å². The van der Waals surface area contributed by atoms with Crippen molar-refractivity contribution in [3.8, 4) is 5.75 Å². The Morgan fingerprint density at radius 3 is 2.73 bits per heavy atom. The Morgan fingerprint density at radius 1 is 1.23 bits per heavy atom. The fourth-order valence-electron chi connectivity index (χ4n) is 3.36. The zero-order valence-electron chi connectivity index (χ0n) is 16.7. The normalized spacial score (nSPS) is 16.6. The maximum atomic E-state index is 13.0. The number of methoxy groups -OCH3 is 1. The topological polar surface area (TPSA) is 87.7 Å². The predicted octanol–water partition coefficient (Wildman–Crippen LogP) is 2.77. The molecule has 2 aromatic rings. The van der Waals surface area contributed by atoms with E-state index in [2.05, 4.69) is 10.6 Å². The second kappa shape index (κ2) is 10.1. The van der Waals surface area contributed by atoms with E-state index in [0.717, 1.165) is 16.0 Å². The average molecular weight is 430 g/mol. The van der Waals surface area contributed by atoms with E-state index in [4.69, 9.17) is 16.3 Å². The molecule has 7 nitrogen and oxygen atoms in total. The van der Waals surface area contributed by atoms with E-state index in [9.17, 15) is 14.4 Å². The molecule has 8 heteroatoms. The van der Waals surface area contributed by atoms with Gasteiger partial charge >= 0.3 is 6.03 Å². The number of nitrogens with zero attached hydrogens (tertiary/aromatic N) is 1. The van der Waals surface area contributed by atoms with Crippen molar-refractivity contribution in [1.82, 2.24) is 15.5 Å². The highest BCUT2D eigenvalue weighted by Crippen LogP contribution is 2.25. The molecule has 2 aromatic carbocycles. The molecule has 1 aliphatic rings. The number of carbonyl (C=O) groups excluding carboxylic acids is 3. The standard InChI is InChI=1S/C22H24ClN3O4/c1-30-19-10-9-18(23)11-16(19)7-8-17-13-24-20(27)14-26(21(17)28)22(29)25-12-15-5-3-2-4-6-15/h2-6,9-11,17H,7-8,12-14H2,1H3,(H,24,27)(H,25,29). The molecular formula is C22H24ClN3O4. The first-order valence-electron chi connectivity index (χ1n) is 9.70. The van der Waals surface area contributed by atoms with Crippen molar-refractivity contribution in [3.63, 3.8) is 0 Å². The van der Waals surface area contributed by atoms with Gasteiger partial charge in [0.15, 0.2) is 0 Å². The number of aryl methyl sites for hydroxylation is 1. The number of halogens is 1. The van der Waals surface area contributed by atoms with Crippen LogP contribution in [0, 0.1) is 5.92 Å². The molecule has 0 radical (unpaired) electrons. The Balaban J connectivity index is 1.67. The van der Waals surface area contributed by atoms with Crippen molar-refractivity contribution in [3.05, 3.63) is 64.7 Å². The van der Waals surface area contributed by atoms with Crippen LogP contribution in [0.25, 0.3) is 0 Å². The van der Waals surface area contributed by atoms with E-state index in [-0.39, 0.29) is 31.4 Å². The average Bonchev–Trinajstić information content (AvgIpc) is 2.90. The first kappa shape index (κ1) is 21.6. The van der Waals surface area contributed by atoms with Gasteiger partial charge < -0.3 is 15.4 Å². The molecule has 30 heavy (non-hydrogen) atoms. The number of amides is 4. The maximum absolute atomic E-state index is 13.0. The number of nitrogens with one attached hydrogen (secondary N) is 2. The van der Waals surface area contributed by atoms with Crippen molar-refractivity contribution in [2.75, 3.05) is 20.2 Å². The molecule has 1 fully saturated rings. The van der Waals surface area contributed by atoms with Gasteiger partial charge in [0.05, 0.1) is 13.0 Å². The molecule has 1 aliphatic heterocycles. The highest BCUT2D eigenvalue weighted by Gasteiger charge is 2.33. The second-order valence-corrected chi connectivity index (χ2v) is 7.50. The fourth-order valence-corrected chi connectivity index (χ4v) is 3.56. The molecule has 0 bridgehead atoms. The van der Waals surface area contributed by atoms with E-state index >= 15 is 0 Å². The Kier molecular flexibility index (Phi) is 7.30. The molecule has 1 heterocycles. The van der Waals surface area contributed by atoms with Crippen LogP contribution in [0.4, 0.5) is 4.79 Å². The lowest BCUT2D eigenvalue weighted by Gasteiger charge is -2.22. The van der Waals surface area contributed by atoms with E-state index in [0.29, 0.717) is 23.6 Å². The fraction of sp³-hybridized carbons (Fsp3) is 0.318. The van der Waals surface area contributed by atoms with Crippen LogP contribution in [-0.2, 0) is 22.6 Å². The van der Waals surface area contributed by atoms with Crippen molar-refractivity contribution < 1.29 is 19.1 Å². The summed E-state index contributed by atoms with van der Waals surface area (Å²) in [5.41, 5.74) is 1.77. The Morgan fingerprint density at radius 2 is 2.00 bits per heavy atom. The molecule has 0 aliphatic carbocycles. The molecule has 1 saturated heterocycles. The summed E-state index contributed by atoms with van der Waals surface area (Å²) in [7, 11) is 1.57. The lowest BCUT2D eigenvalue weighted by molar-refractivity contribution is -0.133. The number of hydrogen-bond donors (Lipinski definition) is 2. The van der Waals surface area contributed by atoms with Crippen molar-refractivity contribution in [2.45, 2.75) is 19.4 Å². The number of ether oxygens (including phenoxy) is 1. The van der Waals surface area contributed by atoms with Crippen LogP contribution in [-0.4, -0.2) is 42.9 Å². The van der Waals surface area contributed by atoms with E-state index in [1.165, 1.54) is 0 Å². The minimum Gasteiger partial charge on any atom is -0.496 e. The zero-order valence-corrected chi connectivity index (χ0v) is 17.4. The second-order valence-electron chi connectivity index (χ2n) is 7.06. The van der Waals surface area contributed by atoms with E-state index < -0.39 is 11.9 Å². The minimum absolute atomic E-state index is 0.184. The number of benzene rings is 2. The molecule has 1 unspecified atom stereocenters. The van der Waals surface area contributed by atoms with Gasteiger partial charge in [-0.25, -0.2) is 4.79 Å². The Hall–Kier alpha value is -3.06. The number of rotatable bonds is 6. The summed E-state index contributed by atoms with van der Waals surface area (Å²) in [6, 6.07) is 14.1. The molecule has 2 N–H and O–H groups in total. The van der Waals surface area contributed by atoms with Crippen LogP contribution >= 0.6 is 11.6 Å². The maximum Gasteiger partial charge on any atom is 0.324 e. The van der Waals surface area contributed by atoms with Crippen LogP contribution in [0.2, 0.25) is 5.02 Å². The molecule has 4 amide bonds. The SMILES string of the molecule is COc1ccc(Cl)cc1CCC1CNC(=O)CN(C(=O)NCc2ccccc2)C1=O. The Bertz CT molecular complexity index is 920. The predicted molar refractivity (Wildman–Crippen MR) is 113 cm³/mol. The third kappa shape index (κ3) is 5.51. The lowest BCUT2D eigenvalue weighted by Crippen LogP contribution is -2.47. The van der Waals surface area contributed by atoms with Crippen molar-refractivity contribution >= 4 is 29.4 Å². The first-order valence-corrected chi connectivity index (χ1v) is 10.1. The zero-order chi connectivity index (χ0) is 21.5. The van der Waals surface area contributed by atoms with Gasteiger partial charge in [0, 0.05) is 18.1 Å². The summed E-state index contributed by atoms with van der Waals surface area (Å²) in [5, 5.41) is 6.01. The molecule has 3 rings (SSSR count). The van der Waals surface area contributed by atoms with Gasteiger partial charge in [0.1, 0.15) is 12.3 Å². The van der Waals surface area contributed by atoms with Gasteiger partial charge in [0.25, 0.3) is 0 Å². The van der Waals surface area contributed by atoms with Crippen molar-refractivity contribution in [1.29, 1.82) is 0 Å². The minimum atomic E-state index is -0.578. The summed E-state index contributed by atoms with van der Waals surface area (Å²) in [6.07, 6.45) is 0.966. The summed E-state index contributed by atoms with van der Waals surface area (Å²) in [6.45, 7) is 0.162. The molecule has 0 aromatic heterocycles. The highest BCUT2D eigenvalue weighted by molar-refractivity contribution is 6.30. The highest BCUT2D eigenvalue weighted by atomic mass is 35.5. The number of carbonyl (C=O) groups is 3. The molecule has 1 atom stereocenters. The molecule has 158 valence electrons. The smallest absolute Gasteiger partial charge is 0.324 e. The van der Waals surface area contributed by atoms with Gasteiger partial charge in [-0.3, -0.25) is 14.5 Å². The third-order valence-corrected chi connectivity index (χ3v) is 5.23. The van der Waals surface area contributed by atoms with Crippen LogP contribution in [0.5, 0.6) is 5.75 Å². The quantitative estimate of drug-likeness (QED) is 0.739. The molecular weight excluding hydrogens is 406 g/mol. The van der Waals surface area contributed by atoms with Crippen LogP contribution in [0.1, 0.15) is 17.5 Å². The monoisotopic (exact) mass is 429 g/mol.